The zero-order valence-electron chi connectivity index (χ0n) is 16.2. The fraction of sp³-hybridized carbons (Fsp3) is 0.421. The van der Waals surface area contributed by atoms with Crippen molar-refractivity contribution in [2.24, 2.45) is 0 Å². The highest BCUT2D eigenvalue weighted by atomic mass is 32.2. The van der Waals surface area contributed by atoms with Crippen molar-refractivity contribution in [3.8, 4) is 5.75 Å². The third-order valence-corrected chi connectivity index (χ3v) is 7.15. The Bertz CT molecular complexity index is 948. The lowest BCUT2D eigenvalue weighted by atomic mass is 10.2. The third-order valence-electron chi connectivity index (χ3n) is 4.33. The molecule has 0 spiro atoms. The maximum atomic E-state index is 12.7. The number of thioether (sulfide) groups is 1. The summed E-state index contributed by atoms with van der Waals surface area (Å²) in [6, 6.07) is 6.81. The SMILES string of the molecule is Cc1cc(OC(C)C)ccc1NC(=O)c1cc(S(=O)(=O)N2CCSCC2)c[nH]1. The number of carbonyl (C=O) groups excluding carboxylic acids is 1. The molecule has 1 aliphatic rings. The number of sulfonamides is 1. The van der Waals surface area contributed by atoms with Gasteiger partial charge in [0.2, 0.25) is 10.0 Å². The van der Waals surface area contributed by atoms with Crippen LogP contribution in [0.25, 0.3) is 0 Å². The Kier molecular flexibility index (Phi) is 6.36. The summed E-state index contributed by atoms with van der Waals surface area (Å²) >= 11 is 1.74. The van der Waals surface area contributed by atoms with E-state index in [0.717, 1.165) is 22.8 Å². The van der Waals surface area contributed by atoms with Crippen LogP contribution in [0.5, 0.6) is 5.75 Å². The first-order valence-corrected chi connectivity index (χ1v) is 11.7. The van der Waals surface area contributed by atoms with Gasteiger partial charge in [0.25, 0.3) is 5.91 Å². The van der Waals surface area contributed by atoms with Crippen molar-refractivity contribution in [1.82, 2.24) is 9.29 Å². The van der Waals surface area contributed by atoms with E-state index in [1.165, 1.54) is 16.6 Å². The molecule has 3 rings (SSSR count). The number of amides is 1. The quantitative estimate of drug-likeness (QED) is 0.745. The average Bonchev–Trinajstić information content (AvgIpc) is 3.15. The second kappa shape index (κ2) is 8.59. The van der Waals surface area contributed by atoms with Gasteiger partial charge in [-0.3, -0.25) is 4.79 Å². The number of carbonyl (C=O) groups is 1. The van der Waals surface area contributed by atoms with Gasteiger partial charge in [-0.1, -0.05) is 0 Å². The Balaban J connectivity index is 1.72. The second-order valence-corrected chi connectivity index (χ2v) is 10.0. The number of anilines is 1. The van der Waals surface area contributed by atoms with Crippen LogP contribution in [0.2, 0.25) is 0 Å². The molecular formula is C19H25N3O4S2. The minimum atomic E-state index is -3.58. The van der Waals surface area contributed by atoms with Crippen LogP contribution in [0.3, 0.4) is 0 Å². The molecule has 1 aromatic carbocycles. The topological polar surface area (TPSA) is 91.5 Å². The molecule has 2 aromatic rings. The molecule has 1 amide bonds. The number of H-pyrrole nitrogens is 1. The van der Waals surface area contributed by atoms with E-state index < -0.39 is 15.9 Å². The van der Waals surface area contributed by atoms with Gasteiger partial charge in [-0.25, -0.2) is 8.42 Å². The maximum Gasteiger partial charge on any atom is 0.272 e. The van der Waals surface area contributed by atoms with E-state index in [0.29, 0.717) is 18.8 Å². The molecule has 9 heteroatoms. The molecule has 1 aliphatic heterocycles. The van der Waals surface area contributed by atoms with Crippen molar-refractivity contribution in [1.29, 1.82) is 0 Å². The maximum absolute atomic E-state index is 12.7. The largest absolute Gasteiger partial charge is 0.491 e. The average molecular weight is 424 g/mol. The van der Waals surface area contributed by atoms with Crippen molar-refractivity contribution in [3.63, 3.8) is 0 Å². The summed E-state index contributed by atoms with van der Waals surface area (Å²) in [5, 5.41) is 2.81. The van der Waals surface area contributed by atoms with Gasteiger partial charge in [0.1, 0.15) is 16.3 Å². The van der Waals surface area contributed by atoms with Gasteiger partial charge in [-0.15, -0.1) is 0 Å². The first kappa shape index (κ1) is 20.8. The lowest BCUT2D eigenvalue weighted by Crippen LogP contribution is -2.37. The molecule has 2 heterocycles. The van der Waals surface area contributed by atoms with Gasteiger partial charge in [0.15, 0.2) is 0 Å². The molecule has 1 aromatic heterocycles. The molecule has 1 fully saturated rings. The zero-order chi connectivity index (χ0) is 20.3. The van der Waals surface area contributed by atoms with E-state index in [-0.39, 0.29) is 16.7 Å². The number of nitrogens with zero attached hydrogens (tertiary/aromatic N) is 1. The normalized spacial score (nSPS) is 15.6. The first-order valence-electron chi connectivity index (χ1n) is 9.12. The van der Waals surface area contributed by atoms with E-state index in [2.05, 4.69) is 10.3 Å². The molecule has 0 atom stereocenters. The molecule has 0 unspecified atom stereocenters. The van der Waals surface area contributed by atoms with Crippen LogP contribution in [-0.2, 0) is 10.0 Å². The summed E-state index contributed by atoms with van der Waals surface area (Å²) in [5.41, 5.74) is 1.71. The van der Waals surface area contributed by atoms with Crippen molar-refractivity contribution < 1.29 is 17.9 Å². The van der Waals surface area contributed by atoms with Crippen molar-refractivity contribution in [3.05, 3.63) is 41.7 Å². The summed E-state index contributed by atoms with van der Waals surface area (Å²) in [5.74, 6) is 1.91. The summed E-state index contributed by atoms with van der Waals surface area (Å²) in [4.78, 5) is 15.5. The number of aryl methyl sites for hydroxylation is 1. The lowest BCUT2D eigenvalue weighted by molar-refractivity contribution is 0.102. The van der Waals surface area contributed by atoms with Gasteiger partial charge in [-0.2, -0.15) is 16.1 Å². The van der Waals surface area contributed by atoms with Crippen LogP contribution in [0.4, 0.5) is 5.69 Å². The number of benzene rings is 1. The van der Waals surface area contributed by atoms with Crippen LogP contribution in [0.15, 0.2) is 35.4 Å². The van der Waals surface area contributed by atoms with Gasteiger partial charge in [0, 0.05) is 36.5 Å². The van der Waals surface area contributed by atoms with Crippen LogP contribution >= 0.6 is 11.8 Å². The highest BCUT2D eigenvalue weighted by molar-refractivity contribution is 7.99. The fourth-order valence-electron chi connectivity index (χ4n) is 2.90. The van der Waals surface area contributed by atoms with E-state index >= 15 is 0 Å². The summed E-state index contributed by atoms with van der Waals surface area (Å²) < 4.78 is 32.5. The smallest absolute Gasteiger partial charge is 0.272 e. The van der Waals surface area contributed by atoms with Gasteiger partial charge < -0.3 is 15.0 Å². The van der Waals surface area contributed by atoms with Crippen LogP contribution in [0, 0.1) is 6.92 Å². The monoisotopic (exact) mass is 423 g/mol. The predicted molar refractivity (Wildman–Crippen MR) is 112 cm³/mol. The lowest BCUT2D eigenvalue weighted by Gasteiger charge is -2.24. The van der Waals surface area contributed by atoms with Gasteiger partial charge >= 0.3 is 0 Å². The molecule has 0 radical (unpaired) electrons. The first-order chi connectivity index (χ1) is 13.3. The molecule has 0 saturated carbocycles. The summed E-state index contributed by atoms with van der Waals surface area (Å²) in [6.45, 7) is 6.75. The fourth-order valence-corrected chi connectivity index (χ4v) is 5.47. The minimum Gasteiger partial charge on any atom is -0.491 e. The number of aromatic nitrogens is 1. The standard InChI is InChI=1S/C19H25N3O4S2/c1-13(2)26-15-4-5-17(14(3)10-15)21-19(23)18-11-16(12-20-18)28(24,25)22-6-8-27-9-7-22/h4-5,10-13,20H,6-9H2,1-3H3,(H,21,23). The number of hydrogen-bond donors (Lipinski definition) is 2. The summed E-state index contributed by atoms with van der Waals surface area (Å²) in [7, 11) is -3.58. The highest BCUT2D eigenvalue weighted by Crippen LogP contribution is 2.24. The van der Waals surface area contributed by atoms with Crippen molar-refractivity contribution >= 4 is 33.4 Å². The minimum absolute atomic E-state index is 0.0672. The zero-order valence-corrected chi connectivity index (χ0v) is 17.8. The molecular weight excluding hydrogens is 398 g/mol. The highest BCUT2D eigenvalue weighted by Gasteiger charge is 2.27. The van der Waals surface area contributed by atoms with Crippen LogP contribution < -0.4 is 10.1 Å². The Hall–Kier alpha value is -1.97. The Morgan fingerprint density at radius 1 is 1.25 bits per heavy atom. The summed E-state index contributed by atoms with van der Waals surface area (Å²) in [6.07, 6.45) is 1.44. The van der Waals surface area contributed by atoms with Gasteiger partial charge in [-0.05, 0) is 50.6 Å². The van der Waals surface area contributed by atoms with Crippen molar-refractivity contribution in [2.45, 2.75) is 31.8 Å². The Morgan fingerprint density at radius 3 is 2.61 bits per heavy atom. The van der Waals surface area contributed by atoms with E-state index in [4.69, 9.17) is 4.74 Å². The number of hydrogen-bond acceptors (Lipinski definition) is 5. The Morgan fingerprint density at radius 2 is 1.96 bits per heavy atom. The molecule has 28 heavy (non-hydrogen) atoms. The van der Waals surface area contributed by atoms with Crippen LogP contribution in [0.1, 0.15) is 29.9 Å². The molecule has 7 nitrogen and oxygen atoms in total. The molecule has 2 N–H and O–H groups in total. The number of aromatic amines is 1. The van der Waals surface area contributed by atoms with Crippen LogP contribution in [-0.4, -0.2) is 54.3 Å². The molecule has 1 saturated heterocycles. The Labute approximate surface area is 169 Å². The van der Waals surface area contributed by atoms with Gasteiger partial charge in [0.05, 0.1) is 6.10 Å². The number of nitrogens with one attached hydrogen (secondary N) is 2. The predicted octanol–water partition coefficient (Wildman–Crippen LogP) is 3.10. The third kappa shape index (κ3) is 4.71. The number of ether oxygens (including phenoxy) is 1. The van der Waals surface area contributed by atoms with E-state index in [1.807, 2.05) is 26.8 Å². The number of rotatable bonds is 6. The molecule has 0 bridgehead atoms. The van der Waals surface area contributed by atoms with E-state index in [1.54, 1.807) is 23.9 Å². The van der Waals surface area contributed by atoms with Crippen molar-refractivity contribution in [2.75, 3.05) is 29.9 Å². The molecule has 152 valence electrons. The second-order valence-electron chi connectivity index (χ2n) is 6.86. The van der Waals surface area contributed by atoms with E-state index in [9.17, 15) is 13.2 Å². The molecule has 0 aliphatic carbocycles.